The molecular formula is C16H18N2O5S. The second-order valence-electron chi connectivity index (χ2n) is 4.77. The van der Waals surface area contributed by atoms with E-state index < -0.39 is 24.0 Å². The molecule has 1 unspecified atom stereocenters. The molecule has 0 saturated carbocycles. The van der Waals surface area contributed by atoms with E-state index in [2.05, 4.69) is 10.6 Å². The highest BCUT2D eigenvalue weighted by Crippen LogP contribution is 2.30. The van der Waals surface area contributed by atoms with E-state index in [-0.39, 0.29) is 24.5 Å². The molecule has 128 valence electrons. The summed E-state index contributed by atoms with van der Waals surface area (Å²) in [6.45, 7) is 3.34. The van der Waals surface area contributed by atoms with Crippen molar-refractivity contribution in [2.75, 3.05) is 13.2 Å². The van der Waals surface area contributed by atoms with Crippen LogP contribution in [0.2, 0.25) is 0 Å². The van der Waals surface area contributed by atoms with Gasteiger partial charge in [-0.1, -0.05) is 12.1 Å². The van der Waals surface area contributed by atoms with E-state index in [1.54, 1.807) is 19.9 Å². The van der Waals surface area contributed by atoms with Crippen molar-refractivity contribution in [3.63, 3.8) is 0 Å². The number of allylic oxidation sites excluding steroid dienone is 1. The predicted octanol–water partition coefficient (Wildman–Crippen LogP) is 2.04. The van der Waals surface area contributed by atoms with Gasteiger partial charge in [-0.2, -0.15) is 0 Å². The number of hydrogen-bond acceptors (Lipinski definition) is 6. The van der Waals surface area contributed by atoms with E-state index in [1.807, 2.05) is 17.5 Å². The van der Waals surface area contributed by atoms with E-state index in [0.29, 0.717) is 0 Å². The lowest BCUT2D eigenvalue weighted by Crippen LogP contribution is -2.46. The second-order valence-corrected chi connectivity index (χ2v) is 5.75. The summed E-state index contributed by atoms with van der Waals surface area (Å²) in [7, 11) is 0. The largest absolute Gasteiger partial charge is 0.463 e. The number of ether oxygens (including phenoxy) is 2. The normalized spacial score (nSPS) is 17.4. The monoisotopic (exact) mass is 350 g/mol. The molecule has 2 N–H and O–H groups in total. The fourth-order valence-electron chi connectivity index (χ4n) is 2.18. The number of urea groups is 1. The smallest absolute Gasteiger partial charge is 0.338 e. The molecule has 8 heteroatoms. The van der Waals surface area contributed by atoms with Crippen molar-refractivity contribution in [3.05, 3.63) is 45.8 Å². The van der Waals surface area contributed by atoms with Gasteiger partial charge in [-0.15, -0.1) is 11.3 Å². The maximum absolute atomic E-state index is 12.4. The quantitative estimate of drug-likeness (QED) is 0.605. The molecule has 1 aliphatic rings. The fourth-order valence-corrected chi connectivity index (χ4v) is 2.96. The van der Waals surface area contributed by atoms with Crippen LogP contribution in [0.1, 0.15) is 24.8 Å². The Hall–Kier alpha value is -2.61. The summed E-state index contributed by atoms with van der Waals surface area (Å²) in [5.41, 5.74) is 0.445. The Morgan fingerprint density at radius 1 is 1.38 bits per heavy atom. The van der Waals surface area contributed by atoms with Crippen LogP contribution in [0.25, 0.3) is 0 Å². The highest BCUT2D eigenvalue weighted by Gasteiger charge is 2.34. The van der Waals surface area contributed by atoms with Crippen molar-refractivity contribution < 1.29 is 23.9 Å². The van der Waals surface area contributed by atoms with Gasteiger partial charge in [0.05, 0.1) is 23.9 Å². The minimum absolute atomic E-state index is 0.194. The Morgan fingerprint density at radius 3 is 2.79 bits per heavy atom. The van der Waals surface area contributed by atoms with Gasteiger partial charge in [0.2, 0.25) is 0 Å². The minimum Gasteiger partial charge on any atom is -0.463 e. The molecule has 2 amide bonds. The SMILES string of the molecule is CC=CC(=O)OCC1=C(C(=O)OCC)C(c2cccs2)NC(=O)N1. The summed E-state index contributed by atoms with van der Waals surface area (Å²) >= 11 is 1.40. The second kappa shape index (κ2) is 8.30. The summed E-state index contributed by atoms with van der Waals surface area (Å²) in [6, 6.07) is 2.51. The molecule has 0 saturated heterocycles. The van der Waals surface area contributed by atoms with Crippen molar-refractivity contribution in [2.45, 2.75) is 19.9 Å². The first-order valence-electron chi connectivity index (χ1n) is 7.37. The summed E-state index contributed by atoms with van der Waals surface area (Å²) < 4.78 is 10.2. The molecule has 2 heterocycles. The van der Waals surface area contributed by atoms with Crippen LogP contribution < -0.4 is 10.6 Å². The van der Waals surface area contributed by atoms with E-state index in [0.717, 1.165) is 4.88 Å². The summed E-state index contributed by atoms with van der Waals surface area (Å²) in [5, 5.41) is 7.07. The van der Waals surface area contributed by atoms with Crippen molar-refractivity contribution in [2.24, 2.45) is 0 Å². The van der Waals surface area contributed by atoms with Gasteiger partial charge in [-0.3, -0.25) is 0 Å². The lowest BCUT2D eigenvalue weighted by molar-refractivity contribution is -0.140. The first kappa shape index (κ1) is 17.7. The number of hydrogen-bond donors (Lipinski definition) is 2. The number of thiophene rings is 1. The average molecular weight is 350 g/mol. The van der Waals surface area contributed by atoms with Crippen LogP contribution in [0, 0.1) is 0 Å². The van der Waals surface area contributed by atoms with Crippen LogP contribution >= 0.6 is 11.3 Å². The van der Waals surface area contributed by atoms with Crippen LogP contribution in [0.4, 0.5) is 4.79 Å². The number of amides is 2. The first-order valence-corrected chi connectivity index (χ1v) is 8.25. The Kier molecular flexibility index (Phi) is 6.14. The number of carbonyl (C=O) groups is 3. The zero-order valence-corrected chi connectivity index (χ0v) is 14.1. The molecule has 0 radical (unpaired) electrons. The fraction of sp³-hybridized carbons (Fsp3) is 0.312. The molecule has 1 atom stereocenters. The third kappa shape index (κ3) is 4.23. The van der Waals surface area contributed by atoms with Gasteiger partial charge >= 0.3 is 18.0 Å². The van der Waals surface area contributed by atoms with Crippen LogP contribution in [0.3, 0.4) is 0 Å². The maximum atomic E-state index is 12.4. The molecule has 24 heavy (non-hydrogen) atoms. The van der Waals surface area contributed by atoms with Gasteiger partial charge < -0.3 is 20.1 Å². The van der Waals surface area contributed by atoms with E-state index >= 15 is 0 Å². The third-order valence-corrected chi connectivity index (χ3v) is 4.08. The van der Waals surface area contributed by atoms with Gasteiger partial charge in [0.1, 0.15) is 6.61 Å². The van der Waals surface area contributed by atoms with Crippen molar-refractivity contribution in [1.29, 1.82) is 0 Å². The lowest BCUT2D eigenvalue weighted by Gasteiger charge is -2.28. The van der Waals surface area contributed by atoms with Gasteiger partial charge in [0.15, 0.2) is 0 Å². The van der Waals surface area contributed by atoms with Crippen molar-refractivity contribution >= 4 is 29.3 Å². The number of nitrogens with one attached hydrogen (secondary N) is 2. The molecule has 1 aliphatic heterocycles. The Labute approximate surface area is 143 Å². The van der Waals surface area contributed by atoms with Crippen LogP contribution in [0.15, 0.2) is 40.9 Å². The zero-order valence-electron chi connectivity index (χ0n) is 13.3. The molecular weight excluding hydrogens is 332 g/mol. The molecule has 0 aromatic carbocycles. The number of carbonyl (C=O) groups excluding carboxylic acids is 3. The van der Waals surface area contributed by atoms with E-state index in [9.17, 15) is 14.4 Å². The molecule has 0 fully saturated rings. The zero-order chi connectivity index (χ0) is 17.5. The average Bonchev–Trinajstić information content (AvgIpc) is 3.07. The van der Waals surface area contributed by atoms with Crippen molar-refractivity contribution in [3.8, 4) is 0 Å². The van der Waals surface area contributed by atoms with Gasteiger partial charge in [-0.05, 0) is 25.3 Å². The molecule has 7 nitrogen and oxygen atoms in total. The van der Waals surface area contributed by atoms with Crippen LogP contribution in [-0.2, 0) is 19.1 Å². The predicted molar refractivity (Wildman–Crippen MR) is 88.2 cm³/mol. The molecule has 1 aromatic rings. The Bertz CT molecular complexity index is 679. The minimum atomic E-state index is -0.645. The van der Waals surface area contributed by atoms with Crippen molar-refractivity contribution in [1.82, 2.24) is 10.6 Å². The highest BCUT2D eigenvalue weighted by molar-refractivity contribution is 7.10. The molecule has 2 rings (SSSR count). The number of rotatable bonds is 6. The summed E-state index contributed by atoms with van der Waals surface area (Å²) in [5.74, 6) is -1.13. The van der Waals surface area contributed by atoms with Crippen LogP contribution in [-0.4, -0.2) is 31.2 Å². The third-order valence-electron chi connectivity index (χ3n) is 3.14. The molecule has 0 aliphatic carbocycles. The van der Waals surface area contributed by atoms with E-state index in [4.69, 9.17) is 9.47 Å². The summed E-state index contributed by atoms with van der Waals surface area (Å²) in [6.07, 6.45) is 2.79. The Balaban J connectivity index is 2.36. The standard InChI is InChI=1S/C16H18N2O5S/c1-3-6-12(19)23-9-10-13(15(20)22-4-2)14(18-16(21)17-10)11-7-5-8-24-11/h3,5-8,14H,4,9H2,1-2H3,(H2,17,18,21). The van der Waals surface area contributed by atoms with E-state index in [1.165, 1.54) is 17.4 Å². The maximum Gasteiger partial charge on any atom is 0.338 e. The Morgan fingerprint density at radius 2 is 2.17 bits per heavy atom. The van der Waals surface area contributed by atoms with Gasteiger partial charge in [0, 0.05) is 11.0 Å². The first-order chi connectivity index (χ1) is 11.6. The molecule has 0 spiro atoms. The molecule has 1 aromatic heterocycles. The topological polar surface area (TPSA) is 93.7 Å². The van der Waals surface area contributed by atoms with Crippen LogP contribution in [0.5, 0.6) is 0 Å². The van der Waals surface area contributed by atoms with Gasteiger partial charge in [0.25, 0.3) is 0 Å². The van der Waals surface area contributed by atoms with Gasteiger partial charge in [-0.25, -0.2) is 14.4 Å². The molecule has 0 bridgehead atoms. The lowest BCUT2D eigenvalue weighted by atomic mass is 10.0. The highest BCUT2D eigenvalue weighted by atomic mass is 32.1. The summed E-state index contributed by atoms with van der Waals surface area (Å²) in [4.78, 5) is 36.6. The number of esters is 2.